The monoisotopic (exact) mass is 271 g/mol. The first-order valence-electron chi connectivity index (χ1n) is 5.94. The summed E-state index contributed by atoms with van der Waals surface area (Å²) in [6.45, 7) is -0.339. The molecule has 106 valence electrons. The van der Waals surface area contributed by atoms with Crippen LogP contribution in [0.2, 0.25) is 0 Å². The van der Waals surface area contributed by atoms with Crippen LogP contribution in [-0.4, -0.2) is 62.7 Å². The smallest absolute Gasteiger partial charge is 0.187 e. The zero-order valence-electron chi connectivity index (χ0n) is 10.2. The predicted octanol–water partition coefficient (Wildman–Crippen LogP) is -1.60. The number of aliphatic hydroxyl groups excluding tert-OH is 4. The summed E-state index contributed by atoms with van der Waals surface area (Å²) in [5.74, 6) is 0. The molecular formula is C12H17NO6. The molecule has 1 aliphatic rings. The standard InChI is InChI=1S/C12H17NO6/c14-5-8-9(15)10(16)11(17)12(19-8)18-6-7-2-1-3-13-4-7/h1-4,8-12,14-17H,5-6H2. The molecule has 0 saturated carbocycles. The van der Waals surface area contributed by atoms with E-state index >= 15 is 0 Å². The van der Waals surface area contributed by atoms with Gasteiger partial charge in [0.25, 0.3) is 0 Å². The van der Waals surface area contributed by atoms with E-state index in [-0.39, 0.29) is 6.61 Å². The molecule has 0 aliphatic carbocycles. The normalized spacial score (nSPS) is 35.3. The first-order chi connectivity index (χ1) is 9.13. The van der Waals surface area contributed by atoms with Crippen LogP contribution >= 0.6 is 0 Å². The molecular weight excluding hydrogens is 254 g/mol. The first kappa shape index (κ1) is 14.3. The molecule has 1 fully saturated rings. The van der Waals surface area contributed by atoms with Crippen molar-refractivity contribution in [2.75, 3.05) is 6.61 Å². The number of ether oxygens (including phenoxy) is 2. The summed E-state index contributed by atoms with van der Waals surface area (Å²) in [4.78, 5) is 3.91. The second kappa shape index (κ2) is 6.38. The van der Waals surface area contributed by atoms with E-state index in [4.69, 9.17) is 14.6 Å². The molecule has 19 heavy (non-hydrogen) atoms. The van der Waals surface area contributed by atoms with Gasteiger partial charge in [0.15, 0.2) is 6.29 Å². The van der Waals surface area contributed by atoms with Crippen LogP contribution in [-0.2, 0) is 16.1 Å². The number of pyridine rings is 1. The molecule has 5 unspecified atom stereocenters. The Kier molecular flexibility index (Phi) is 4.81. The molecule has 4 N–H and O–H groups in total. The van der Waals surface area contributed by atoms with Gasteiger partial charge in [-0.25, -0.2) is 0 Å². The van der Waals surface area contributed by atoms with E-state index in [9.17, 15) is 15.3 Å². The summed E-state index contributed by atoms with van der Waals surface area (Å²) in [5.41, 5.74) is 0.777. The van der Waals surface area contributed by atoms with Gasteiger partial charge in [-0.2, -0.15) is 0 Å². The zero-order valence-corrected chi connectivity index (χ0v) is 10.2. The molecule has 0 aromatic carbocycles. The highest BCUT2D eigenvalue weighted by Crippen LogP contribution is 2.22. The van der Waals surface area contributed by atoms with Gasteiger partial charge < -0.3 is 29.9 Å². The van der Waals surface area contributed by atoms with Gasteiger partial charge in [-0.3, -0.25) is 4.98 Å². The number of nitrogens with zero attached hydrogens (tertiary/aromatic N) is 1. The third-order valence-corrected chi connectivity index (χ3v) is 2.99. The van der Waals surface area contributed by atoms with Crippen LogP contribution in [0.25, 0.3) is 0 Å². The molecule has 2 rings (SSSR count). The van der Waals surface area contributed by atoms with E-state index in [0.29, 0.717) is 0 Å². The fourth-order valence-electron chi connectivity index (χ4n) is 1.87. The third kappa shape index (κ3) is 3.27. The molecule has 1 saturated heterocycles. The van der Waals surface area contributed by atoms with Crippen molar-refractivity contribution in [1.82, 2.24) is 4.98 Å². The minimum atomic E-state index is -1.43. The SMILES string of the molecule is OCC1OC(OCc2cccnc2)C(O)C(O)C1O. The lowest BCUT2D eigenvalue weighted by Gasteiger charge is -2.39. The Balaban J connectivity index is 1.95. The fourth-order valence-corrected chi connectivity index (χ4v) is 1.87. The Morgan fingerprint density at radius 3 is 2.63 bits per heavy atom. The van der Waals surface area contributed by atoms with E-state index in [1.807, 2.05) is 0 Å². The maximum Gasteiger partial charge on any atom is 0.187 e. The summed E-state index contributed by atoms with van der Waals surface area (Å²) >= 11 is 0. The van der Waals surface area contributed by atoms with E-state index in [1.165, 1.54) is 0 Å². The summed E-state index contributed by atoms with van der Waals surface area (Å²) in [7, 11) is 0. The quantitative estimate of drug-likeness (QED) is 0.521. The Morgan fingerprint density at radius 1 is 1.21 bits per heavy atom. The lowest BCUT2D eigenvalue weighted by Crippen LogP contribution is -2.59. The first-order valence-corrected chi connectivity index (χ1v) is 5.94. The van der Waals surface area contributed by atoms with Gasteiger partial charge in [0.2, 0.25) is 0 Å². The summed E-state index contributed by atoms with van der Waals surface area (Å²) in [6.07, 6.45) is -3.04. The molecule has 7 nitrogen and oxygen atoms in total. The minimum absolute atomic E-state index is 0.135. The molecule has 5 atom stereocenters. The van der Waals surface area contributed by atoms with Crippen molar-refractivity contribution in [1.29, 1.82) is 0 Å². The highest BCUT2D eigenvalue weighted by molar-refractivity contribution is 5.06. The minimum Gasteiger partial charge on any atom is -0.394 e. The molecule has 1 aromatic heterocycles. The van der Waals surface area contributed by atoms with Crippen molar-refractivity contribution < 1.29 is 29.9 Å². The van der Waals surface area contributed by atoms with Crippen LogP contribution < -0.4 is 0 Å². The Labute approximate surface area is 110 Å². The maximum atomic E-state index is 9.74. The van der Waals surface area contributed by atoms with Crippen molar-refractivity contribution in [2.45, 2.75) is 37.3 Å². The Bertz CT molecular complexity index is 387. The van der Waals surface area contributed by atoms with Gasteiger partial charge >= 0.3 is 0 Å². The van der Waals surface area contributed by atoms with Gasteiger partial charge in [-0.1, -0.05) is 6.07 Å². The van der Waals surface area contributed by atoms with E-state index in [0.717, 1.165) is 5.56 Å². The fraction of sp³-hybridized carbons (Fsp3) is 0.583. The average molecular weight is 271 g/mol. The van der Waals surface area contributed by atoms with Crippen LogP contribution in [0, 0.1) is 0 Å². The summed E-state index contributed by atoms with van der Waals surface area (Å²) in [6, 6.07) is 3.53. The maximum absolute atomic E-state index is 9.74. The lowest BCUT2D eigenvalue weighted by atomic mass is 9.99. The molecule has 0 bridgehead atoms. The zero-order chi connectivity index (χ0) is 13.8. The lowest BCUT2D eigenvalue weighted by molar-refractivity contribution is -0.304. The average Bonchev–Trinajstić information content (AvgIpc) is 2.45. The van der Waals surface area contributed by atoms with Gasteiger partial charge in [0.1, 0.15) is 24.4 Å². The van der Waals surface area contributed by atoms with Gasteiger partial charge in [-0.15, -0.1) is 0 Å². The Hall–Kier alpha value is -1.09. The molecule has 0 radical (unpaired) electrons. The van der Waals surface area contributed by atoms with E-state index in [2.05, 4.69) is 4.98 Å². The van der Waals surface area contributed by atoms with Crippen LogP contribution in [0.1, 0.15) is 5.56 Å². The topological polar surface area (TPSA) is 112 Å². The number of aromatic nitrogens is 1. The molecule has 7 heteroatoms. The molecule has 2 heterocycles. The predicted molar refractivity (Wildman–Crippen MR) is 62.8 cm³/mol. The second-order valence-electron chi connectivity index (χ2n) is 4.37. The largest absolute Gasteiger partial charge is 0.394 e. The van der Waals surface area contributed by atoms with Gasteiger partial charge in [-0.05, 0) is 11.6 Å². The second-order valence-corrected chi connectivity index (χ2v) is 4.37. The third-order valence-electron chi connectivity index (χ3n) is 2.99. The van der Waals surface area contributed by atoms with Crippen LogP contribution in [0.4, 0.5) is 0 Å². The number of hydrogen-bond acceptors (Lipinski definition) is 7. The van der Waals surface area contributed by atoms with Crippen LogP contribution in [0.5, 0.6) is 0 Å². The van der Waals surface area contributed by atoms with Crippen molar-refractivity contribution in [3.63, 3.8) is 0 Å². The van der Waals surface area contributed by atoms with Gasteiger partial charge in [0.05, 0.1) is 13.2 Å². The van der Waals surface area contributed by atoms with Gasteiger partial charge in [0, 0.05) is 12.4 Å². The van der Waals surface area contributed by atoms with Crippen molar-refractivity contribution >= 4 is 0 Å². The molecule has 1 aliphatic heterocycles. The van der Waals surface area contributed by atoms with E-state index < -0.39 is 37.3 Å². The summed E-state index contributed by atoms with van der Waals surface area (Å²) < 4.78 is 10.5. The van der Waals surface area contributed by atoms with Crippen molar-refractivity contribution in [2.24, 2.45) is 0 Å². The van der Waals surface area contributed by atoms with E-state index in [1.54, 1.807) is 24.5 Å². The number of aliphatic hydroxyl groups is 4. The number of hydrogen-bond donors (Lipinski definition) is 4. The highest BCUT2D eigenvalue weighted by Gasteiger charge is 2.43. The van der Waals surface area contributed by atoms with Crippen LogP contribution in [0.3, 0.4) is 0 Å². The highest BCUT2D eigenvalue weighted by atomic mass is 16.7. The van der Waals surface area contributed by atoms with Crippen molar-refractivity contribution in [3.05, 3.63) is 30.1 Å². The molecule has 0 amide bonds. The molecule has 1 aromatic rings. The Morgan fingerprint density at radius 2 is 2.00 bits per heavy atom. The van der Waals surface area contributed by atoms with Crippen LogP contribution in [0.15, 0.2) is 24.5 Å². The molecule has 0 spiro atoms. The number of rotatable bonds is 4. The van der Waals surface area contributed by atoms with Crippen molar-refractivity contribution in [3.8, 4) is 0 Å². The summed E-state index contributed by atoms with van der Waals surface area (Å²) in [5, 5.41) is 37.9.